The Balaban J connectivity index is 1.69. The topological polar surface area (TPSA) is 91.4 Å². The minimum Gasteiger partial charge on any atom is -0.453 e. The number of rotatable bonds is 6. The molecule has 0 amide bonds. The zero-order valence-corrected chi connectivity index (χ0v) is 15.8. The molecule has 7 heteroatoms. The summed E-state index contributed by atoms with van der Waals surface area (Å²) in [5.74, 6) is -1.71. The van der Waals surface area contributed by atoms with Gasteiger partial charge in [-0.3, -0.25) is 9.59 Å². The van der Waals surface area contributed by atoms with E-state index in [1.165, 1.54) is 6.92 Å². The Morgan fingerprint density at radius 3 is 2.57 bits per heavy atom. The third-order valence-corrected chi connectivity index (χ3v) is 4.24. The Kier molecular flexibility index (Phi) is 5.54. The number of hydrogen-bond donors (Lipinski definition) is 0. The smallest absolute Gasteiger partial charge is 0.437 e. The number of benzene rings is 2. The fraction of sp³-hybridized carbons (Fsp3) is 0.238. The van der Waals surface area contributed by atoms with Crippen LogP contribution in [0.2, 0.25) is 0 Å². The van der Waals surface area contributed by atoms with Gasteiger partial charge in [0.1, 0.15) is 6.54 Å². The molecule has 2 aromatic carbocycles. The van der Waals surface area contributed by atoms with E-state index in [0.717, 1.165) is 15.8 Å². The molecule has 0 spiro atoms. The van der Waals surface area contributed by atoms with Crippen molar-refractivity contribution in [1.82, 2.24) is 9.78 Å². The van der Waals surface area contributed by atoms with E-state index in [9.17, 15) is 14.4 Å². The van der Waals surface area contributed by atoms with E-state index in [-0.39, 0.29) is 11.7 Å². The lowest BCUT2D eigenvalue weighted by Crippen LogP contribution is -2.29. The number of carbonyl (C=O) groups excluding carboxylic acids is 2. The molecule has 1 heterocycles. The first-order valence-electron chi connectivity index (χ1n) is 8.79. The van der Waals surface area contributed by atoms with Crippen molar-refractivity contribution < 1.29 is 18.7 Å². The zero-order chi connectivity index (χ0) is 20.3. The van der Waals surface area contributed by atoms with Crippen LogP contribution in [0.3, 0.4) is 0 Å². The second-order valence-corrected chi connectivity index (χ2v) is 6.51. The van der Waals surface area contributed by atoms with Crippen LogP contribution in [0.4, 0.5) is 0 Å². The third-order valence-electron chi connectivity index (χ3n) is 4.24. The number of esters is 1. The highest BCUT2D eigenvalue weighted by molar-refractivity contribution is 6.01. The van der Waals surface area contributed by atoms with Gasteiger partial charge in [0.2, 0.25) is 11.7 Å². The molecule has 0 bridgehead atoms. The Labute approximate surface area is 161 Å². The van der Waals surface area contributed by atoms with Gasteiger partial charge in [-0.1, -0.05) is 35.9 Å². The summed E-state index contributed by atoms with van der Waals surface area (Å²) >= 11 is 0. The van der Waals surface area contributed by atoms with Gasteiger partial charge in [-0.25, -0.2) is 4.79 Å². The predicted molar refractivity (Wildman–Crippen MR) is 102 cm³/mol. The van der Waals surface area contributed by atoms with E-state index >= 15 is 0 Å². The number of hydrogen-bond acceptors (Lipinski definition) is 6. The minimum absolute atomic E-state index is 0.109. The normalized spacial score (nSPS) is 11.8. The van der Waals surface area contributed by atoms with Gasteiger partial charge in [-0.2, -0.15) is 4.68 Å². The van der Waals surface area contributed by atoms with Crippen LogP contribution in [0.1, 0.15) is 28.4 Å². The monoisotopic (exact) mass is 380 g/mol. The Bertz CT molecular complexity index is 1070. The first kappa shape index (κ1) is 19.3. The fourth-order valence-corrected chi connectivity index (χ4v) is 2.73. The zero-order valence-electron chi connectivity index (χ0n) is 15.8. The Hall–Kier alpha value is -3.48. The molecule has 28 heavy (non-hydrogen) atoms. The molecule has 0 saturated carbocycles. The van der Waals surface area contributed by atoms with Gasteiger partial charge in [0.05, 0.1) is 0 Å². The maximum absolute atomic E-state index is 12.6. The van der Waals surface area contributed by atoms with Gasteiger partial charge < -0.3 is 9.15 Å². The first-order valence-corrected chi connectivity index (χ1v) is 8.79. The van der Waals surface area contributed by atoms with Crippen LogP contribution in [0, 0.1) is 13.8 Å². The molecular formula is C21H20N2O5. The van der Waals surface area contributed by atoms with Crippen molar-refractivity contribution in [2.24, 2.45) is 0 Å². The van der Waals surface area contributed by atoms with Crippen molar-refractivity contribution in [2.45, 2.75) is 33.4 Å². The van der Waals surface area contributed by atoms with Crippen LogP contribution >= 0.6 is 0 Å². The third kappa shape index (κ3) is 4.25. The summed E-state index contributed by atoms with van der Waals surface area (Å²) in [6, 6.07) is 14.4. The number of carbonyl (C=O) groups is 2. The van der Waals surface area contributed by atoms with Crippen LogP contribution in [0.15, 0.2) is 57.7 Å². The molecule has 0 aliphatic carbocycles. The molecule has 7 nitrogen and oxygen atoms in total. The lowest BCUT2D eigenvalue weighted by atomic mass is 9.99. The van der Waals surface area contributed by atoms with Gasteiger partial charge in [0.25, 0.3) is 0 Å². The molecule has 0 N–H and O–H groups in total. The number of ketones is 1. The van der Waals surface area contributed by atoms with E-state index in [0.29, 0.717) is 11.1 Å². The first-order chi connectivity index (χ1) is 13.3. The molecule has 144 valence electrons. The SMILES string of the molecule is Cc1ccc(C)c(C(=O)[C@@H](C)OC(=O)Cn2nc(-c3ccccc3)oc2=O)c1. The maximum Gasteiger partial charge on any atom is 0.437 e. The Morgan fingerprint density at radius 1 is 1.14 bits per heavy atom. The molecule has 0 radical (unpaired) electrons. The van der Waals surface area contributed by atoms with E-state index in [4.69, 9.17) is 9.15 Å². The van der Waals surface area contributed by atoms with Crippen molar-refractivity contribution in [3.63, 3.8) is 0 Å². The Morgan fingerprint density at radius 2 is 1.86 bits per heavy atom. The highest BCUT2D eigenvalue weighted by atomic mass is 16.5. The highest BCUT2D eigenvalue weighted by Crippen LogP contribution is 2.15. The van der Waals surface area contributed by atoms with Gasteiger partial charge in [0, 0.05) is 11.1 Å². The summed E-state index contributed by atoms with van der Waals surface area (Å²) in [6.07, 6.45) is -0.982. The number of aryl methyl sites for hydroxylation is 2. The van der Waals surface area contributed by atoms with Crippen molar-refractivity contribution >= 4 is 11.8 Å². The van der Waals surface area contributed by atoms with Crippen molar-refractivity contribution in [1.29, 1.82) is 0 Å². The van der Waals surface area contributed by atoms with Crippen molar-refractivity contribution in [3.8, 4) is 11.5 Å². The van der Waals surface area contributed by atoms with Gasteiger partial charge in [-0.15, -0.1) is 5.10 Å². The van der Waals surface area contributed by atoms with Crippen LogP contribution < -0.4 is 5.76 Å². The van der Waals surface area contributed by atoms with Crippen LogP contribution in [0.25, 0.3) is 11.5 Å². The highest BCUT2D eigenvalue weighted by Gasteiger charge is 2.22. The van der Waals surface area contributed by atoms with Crippen molar-refractivity contribution in [2.75, 3.05) is 0 Å². The van der Waals surface area contributed by atoms with Gasteiger partial charge in [0.15, 0.2) is 6.10 Å². The average molecular weight is 380 g/mol. The number of Topliss-reactive ketones (excluding diaryl/α,β-unsaturated/α-hetero) is 1. The maximum atomic E-state index is 12.6. The predicted octanol–water partition coefficient (Wildman–Crippen LogP) is 2.93. The summed E-state index contributed by atoms with van der Waals surface area (Å²) in [4.78, 5) is 36.7. The summed E-state index contributed by atoms with van der Waals surface area (Å²) in [5, 5.41) is 4.01. The van der Waals surface area contributed by atoms with Crippen LogP contribution in [-0.4, -0.2) is 27.6 Å². The summed E-state index contributed by atoms with van der Waals surface area (Å²) < 4.78 is 11.2. The van der Waals surface area contributed by atoms with Gasteiger partial charge in [-0.05, 0) is 44.5 Å². The number of ether oxygens (including phenoxy) is 1. The van der Waals surface area contributed by atoms with Crippen LogP contribution in [-0.2, 0) is 16.1 Å². The number of aromatic nitrogens is 2. The summed E-state index contributed by atoms with van der Waals surface area (Å²) in [7, 11) is 0. The molecule has 0 aliphatic rings. The molecule has 1 aromatic heterocycles. The lowest BCUT2D eigenvalue weighted by molar-refractivity contribution is -0.147. The van der Waals surface area contributed by atoms with E-state index < -0.39 is 24.4 Å². The van der Waals surface area contributed by atoms with Gasteiger partial charge >= 0.3 is 11.7 Å². The standard InChI is InChI=1S/C21H20N2O5/c1-13-9-10-14(2)17(11-13)19(25)15(3)27-18(24)12-23-21(26)28-20(22-23)16-7-5-4-6-8-16/h4-11,15H,12H2,1-3H3/t15-/m1/s1. The van der Waals surface area contributed by atoms with Crippen molar-refractivity contribution in [3.05, 3.63) is 75.8 Å². The lowest BCUT2D eigenvalue weighted by Gasteiger charge is -2.14. The summed E-state index contributed by atoms with van der Waals surface area (Å²) in [6.45, 7) is 4.76. The van der Waals surface area contributed by atoms with E-state index in [2.05, 4.69) is 5.10 Å². The van der Waals surface area contributed by atoms with Crippen LogP contribution in [0.5, 0.6) is 0 Å². The molecular weight excluding hydrogens is 360 g/mol. The molecule has 3 aromatic rings. The molecule has 0 saturated heterocycles. The quantitative estimate of drug-likeness (QED) is 0.482. The molecule has 0 fully saturated rings. The molecule has 0 unspecified atom stereocenters. The second kappa shape index (κ2) is 8.04. The van der Waals surface area contributed by atoms with E-state index in [1.807, 2.05) is 32.0 Å². The average Bonchev–Trinajstić information content (AvgIpc) is 3.04. The fourth-order valence-electron chi connectivity index (χ4n) is 2.73. The number of nitrogens with zero attached hydrogens (tertiary/aromatic N) is 2. The molecule has 0 aliphatic heterocycles. The largest absolute Gasteiger partial charge is 0.453 e. The van der Waals surface area contributed by atoms with E-state index in [1.54, 1.807) is 30.3 Å². The molecule has 1 atom stereocenters. The minimum atomic E-state index is -0.982. The molecule has 3 rings (SSSR count). The second-order valence-electron chi connectivity index (χ2n) is 6.51. The summed E-state index contributed by atoms with van der Waals surface area (Å²) in [5.41, 5.74) is 2.87.